The minimum atomic E-state index is 0.373. The quantitative estimate of drug-likeness (QED) is 0.621. The number of aliphatic hydroxyl groups is 1. The van der Waals surface area contributed by atoms with Gasteiger partial charge in [0.25, 0.3) is 0 Å². The largest absolute Gasteiger partial charge is 0.396 e. The molecule has 2 N–H and O–H groups in total. The summed E-state index contributed by atoms with van der Waals surface area (Å²) >= 11 is 0. The molecule has 2 atom stereocenters. The summed E-state index contributed by atoms with van der Waals surface area (Å²) in [5.74, 6) is 0. The molecule has 1 aliphatic carbocycles. The molecule has 2 heteroatoms. The number of nitrogens with one attached hydrogen (secondary N) is 1. The average molecular weight is 155 g/mol. The molecule has 2 nitrogen and oxygen atoms in total. The van der Waals surface area contributed by atoms with E-state index in [1.807, 2.05) is 0 Å². The van der Waals surface area contributed by atoms with E-state index in [1.54, 1.807) is 0 Å². The van der Waals surface area contributed by atoms with Crippen molar-refractivity contribution in [2.75, 3.05) is 13.2 Å². The summed E-state index contributed by atoms with van der Waals surface area (Å²) in [5.41, 5.74) is 0.507. The molecule has 0 spiro atoms. The topological polar surface area (TPSA) is 32.3 Å². The Kier molecular flexibility index (Phi) is 1.90. The molecule has 1 saturated heterocycles. The lowest BCUT2D eigenvalue weighted by Gasteiger charge is -2.53. The van der Waals surface area contributed by atoms with Gasteiger partial charge in [0.2, 0.25) is 0 Å². The molecule has 0 aromatic carbocycles. The first-order valence-electron chi connectivity index (χ1n) is 4.72. The maximum absolute atomic E-state index is 8.91. The zero-order valence-electron chi connectivity index (χ0n) is 6.97. The second kappa shape index (κ2) is 2.76. The minimum absolute atomic E-state index is 0.373. The van der Waals surface area contributed by atoms with Crippen LogP contribution in [0.2, 0.25) is 0 Å². The van der Waals surface area contributed by atoms with E-state index in [1.165, 1.54) is 25.7 Å². The first kappa shape index (κ1) is 7.56. The molecule has 0 unspecified atom stereocenters. The average Bonchev–Trinajstić information content (AvgIpc) is 1.98. The number of rotatable bonds is 2. The van der Waals surface area contributed by atoms with Crippen LogP contribution in [-0.4, -0.2) is 24.3 Å². The highest BCUT2D eigenvalue weighted by atomic mass is 16.3. The van der Waals surface area contributed by atoms with Gasteiger partial charge in [-0.2, -0.15) is 0 Å². The zero-order chi connectivity index (χ0) is 7.73. The summed E-state index contributed by atoms with van der Waals surface area (Å²) in [5, 5.41) is 12.4. The first-order valence-corrected chi connectivity index (χ1v) is 4.72. The van der Waals surface area contributed by atoms with Gasteiger partial charge in [0.15, 0.2) is 0 Å². The van der Waals surface area contributed by atoms with Gasteiger partial charge in [0.05, 0.1) is 0 Å². The summed E-state index contributed by atoms with van der Waals surface area (Å²) in [6, 6.07) is 0.739. The maximum Gasteiger partial charge on any atom is 0.0437 e. The van der Waals surface area contributed by atoms with E-state index in [2.05, 4.69) is 5.32 Å². The van der Waals surface area contributed by atoms with Gasteiger partial charge in [0, 0.05) is 24.6 Å². The van der Waals surface area contributed by atoms with Crippen LogP contribution in [0, 0.1) is 5.41 Å². The van der Waals surface area contributed by atoms with Crippen LogP contribution < -0.4 is 5.32 Å². The van der Waals surface area contributed by atoms with Gasteiger partial charge < -0.3 is 10.4 Å². The lowest BCUT2D eigenvalue weighted by molar-refractivity contribution is 0.0111. The molecular formula is C9H17NO. The normalized spacial score (nSPS) is 42.8. The highest BCUT2D eigenvalue weighted by molar-refractivity contribution is 5.03. The maximum atomic E-state index is 8.91. The molecule has 0 bridgehead atoms. The summed E-state index contributed by atoms with van der Waals surface area (Å²) in [6.45, 7) is 1.52. The molecule has 11 heavy (non-hydrogen) atoms. The van der Waals surface area contributed by atoms with Crippen LogP contribution in [-0.2, 0) is 0 Å². The van der Waals surface area contributed by atoms with Crippen LogP contribution in [0.5, 0.6) is 0 Å². The molecule has 0 aromatic heterocycles. The Morgan fingerprint density at radius 1 is 1.45 bits per heavy atom. The molecule has 0 aromatic rings. The Balaban J connectivity index is 1.98. The molecule has 2 aliphatic rings. The Hall–Kier alpha value is -0.0800. The van der Waals surface area contributed by atoms with Crippen molar-refractivity contribution in [1.82, 2.24) is 5.32 Å². The van der Waals surface area contributed by atoms with E-state index in [0.717, 1.165) is 19.0 Å². The van der Waals surface area contributed by atoms with Gasteiger partial charge in [-0.25, -0.2) is 0 Å². The fourth-order valence-corrected chi connectivity index (χ4v) is 2.64. The predicted molar refractivity (Wildman–Crippen MR) is 44.4 cm³/mol. The molecule has 1 heterocycles. The van der Waals surface area contributed by atoms with Crippen molar-refractivity contribution in [3.05, 3.63) is 0 Å². The third-order valence-electron chi connectivity index (χ3n) is 3.47. The van der Waals surface area contributed by atoms with Crippen LogP contribution in [0.15, 0.2) is 0 Å². The van der Waals surface area contributed by atoms with Gasteiger partial charge in [-0.3, -0.25) is 0 Å². The van der Waals surface area contributed by atoms with Gasteiger partial charge in [-0.15, -0.1) is 0 Å². The Bertz CT molecular complexity index is 144. The van der Waals surface area contributed by atoms with E-state index in [9.17, 15) is 0 Å². The molecule has 1 saturated carbocycles. The van der Waals surface area contributed by atoms with Crippen molar-refractivity contribution < 1.29 is 5.11 Å². The van der Waals surface area contributed by atoms with Crippen LogP contribution in [0.25, 0.3) is 0 Å². The van der Waals surface area contributed by atoms with E-state index < -0.39 is 0 Å². The van der Waals surface area contributed by atoms with E-state index in [4.69, 9.17) is 5.11 Å². The minimum Gasteiger partial charge on any atom is -0.396 e. The third kappa shape index (κ3) is 1.09. The highest BCUT2D eigenvalue weighted by Gasteiger charge is 2.46. The van der Waals surface area contributed by atoms with Gasteiger partial charge >= 0.3 is 0 Å². The number of fused-ring (bicyclic) bond motifs is 1. The zero-order valence-corrected chi connectivity index (χ0v) is 6.97. The smallest absolute Gasteiger partial charge is 0.0437 e. The Morgan fingerprint density at radius 2 is 2.36 bits per heavy atom. The molecule has 0 radical (unpaired) electrons. The van der Waals surface area contributed by atoms with Crippen LogP contribution in [0.4, 0.5) is 0 Å². The van der Waals surface area contributed by atoms with Crippen molar-refractivity contribution in [3.8, 4) is 0 Å². The first-order chi connectivity index (χ1) is 5.37. The number of aliphatic hydroxyl groups excluding tert-OH is 1. The fourth-order valence-electron chi connectivity index (χ4n) is 2.64. The van der Waals surface area contributed by atoms with Crippen molar-refractivity contribution >= 4 is 0 Å². The Morgan fingerprint density at radius 3 is 2.91 bits per heavy atom. The summed E-state index contributed by atoms with van der Waals surface area (Å²) < 4.78 is 0. The van der Waals surface area contributed by atoms with Crippen LogP contribution in [0.1, 0.15) is 32.1 Å². The second-order valence-electron chi connectivity index (χ2n) is 4.02. The molecular weight excluding hydrogens is 138 g/mol. The molecule has 2 fully saturated rings. The fraction of sp³-hybridized carbons (Fsp3) is 1.00. The standard InChI is InChI=1S/C9H17NO/c11-6-5-9-4-2-1-3-8(9)10-7-9/h8,10-11H,1-7H2/t8-,9-/m1/s1. The summed E-state index contributed by atoms with van der Waals surface area (Å²) in [7, 11) is 0. The molecule has 2 rings (SSSR count). The van der Waals surface area contributed by atoms with Crippen LogP contribution >= 0.6 is 0 Å². The monoisotopic (exact) mass is 155 g/mol. The molecule has 0 amide bonds. The molecule has 64 valence electrons. The van der Waals surface area contributed by atoms with E-state index in [-0.39, 0.29) is 0 Å². The lowest BCUT2D eigenvalue weighted by Crippen LogP contribution is -2.63. The van der Waals surface area contributed by atoms with Crippen molar-refractivity contribution in [2.45, 2.75) is 38.1 Å². The van der Waals surface area contributed by atoms with Gasteiger partial charge in [0.1, 0.15) is 0 Å². The number of hydrogen-bond acceptors (Lipinski definition) is 2. The van der Waals surface area contributed by atoms with Crippen molar-refractivity contribution in [3.63, 3.8) is 0 Å². The Labute approximate surface area is 68.0 Å². The summed E-state index contributed by atoms with van der Waals surface area (Å²) in [6.07, 6.45) is 6.44. The predicted octanol–water partition coefficient (Wildman–Crippen LogP) is 0.901. The van der Waals surface area contributed by atoms with E-state index in [0.29, 0.717) is 12.0 Å². The summed E-state index contributed by atoms with van der Waals surface area (Å²) in [4.78, 5) is 0. The third-order valence-corrected chi connectivity index (χ3v) is 3.47. The SMILES string of the molecule is OCC[C@@]12CCCC[C@H]1NC2. The lowest BCUT2D eigenvalue weighted by atomic mass is 9.63. The van der Waals surface area contributed by atoms with Crippen molar-refractivity contribution in [2.24, 2.45) is 5.41 Å². The molecule has 1 aliphatic heterocycles. The van der Waals surface area contributed by atoms with E-state index >= 15 is 0 Å². The number of hydrogen-bond donors (Lipinski definition) is 2. The van der Waals surface area contributed by atoms with Gasteiger partial charge in [-0.05, 0) is 19.3 Å². The van der Waals surface area contributed by atoms with Crippen molar-refractivity contribution in [1.29, 1.82) is 0 Å². The van der Waals surface area contributed by atoms with Crippen LogP contribution in [0.3, 0.4) is 0 Å². The second-order valence-corrected chi connectivity index (χ2v) is 4.02. The van der Waals surface area contributed by atoms with Gasteiger partial charge in [-0.1, -0.05) is 12.8 Å². The highest BCUT2D eigenvalue weighted by Crippen LogP contribution is 2.44.